The SMILES string of the molecule is Cc1[nH]c2ccccc2c1C(=O)Cc1ccc(Br)cc1. The van der Waals surface area contributed by atoms with Gasteiger partial charge in [-0.05, 0) is 30.7 Å². The van der Waals surface area contributed by atoms with Gasteiger partial charge in [0.25, 0.3) is 0 Å². The molecule has 0 spiro atoms. The van der Waals surface area contributed by atoms with Crippen molar-refractivity contribution in [1.82, 2.24) is 4.98 Å². The number of aryl methyl sites for hydroxylation is 1. The minimum absolute atomic E-state index is 0.155. The number of hydrogen-bond donors (Lipinski definition) is 1. The molecule has 1 N–H and O–H groups in total. The molecule has 0 aliphatic rings. The predicted molar refractivity (Wildman–Crippen MR) is 85.2 cm³/mol. The Morgan fingerprint density at radius 1 is 1.10 bits per heavy atom. The number of carbonyl (C=O) groups excluding carboxylic acids is 1. The molecular weight excluding hydrogens is 314 g/mol. The van der Waals surface area contributed by atoms with Crippen LogP contribution in [-0.4, -0.2) is 10.8 Å². The molecule has 20 heavy (non-hydrogen) atoms. The number of nitrogens with one attached hydrogen (secondary N) is 1. The third-order valence-corrected chi connectivity index (χ3v) is 3.98. The molecule has 0 atom stereocenters. The van der Waals surface area contributed by atoms with Crippen LogP contribution in [0.4, 0.5) is 0 Å². The second kappa shape index (κ2) is 5.25. The molecule has 0 saturated carbocycles. The molecule has 1 heterocycles. The van der Waals surface area contributed by atoms with E-state index in [1.165, 1.54) is 0 Å². The lowest BCUT2D eigenvalue weighted by Crippen LogP contribution is -2.04. The van der Waals surface area contributed by atoms with Crippen molar-refractivity contribution in [2.75, 3.05) is 0 Å². The van der Waals surface area contributed by atoms with Crippen LogP contribution < -0.4 is 0 Å². The number of para-hydroxylation sites is 1. The summed E-state index contributed by atoms with van der Waals surface area (Å²) in [6.07, 6.45) is 0.427. The minimum Gasteiger partial charge on any atom is -0.358 e. The van der Waals surface area contributed by atoms with Crippen LogP contribution in [0.2, 0.25) is 0 Å². The van der Waals surface area contributed by atoms with Crippen molar-refractivity contribution in [3.63, 3.8) is 0 Å². The lowest BCUT2D eigenvalue weighted by atomic mass is 10.0. The summed E-state index contributed by atoms with van der Waals surface area (Å²) < 4.78 is 1.02. The van der Waals surface area contributed by atoms with Crippen molar-refractivity contribution in [1.29, 1.82) is 0 Å². The van der Waals surface area contributed by atoms with Gasteiger partial charge in [0.05, 0.1) is 0 Å². The Morgan fingerprint density at radius 3 is 2.55 bits per heavy atom. The molecule has 0 bridgehead atoms. The van der Waals surface area contributed by atoms with Crippen LogP contribution in [-0.2, 0) is 6.42 Å². The van der Waals surface area contributed by atoms with Crippen molar-refractivity contribution >= 4 is 32.6 Å². The van der Waals surface area contributed by atoms with Gasteiger partial charge in [-0.25, -0.2) is 0 Å². The number of Topliss-reactive ketones (excluding diaryl/α,β-unsaturated/α-hetero) is 1. The molecule has 0 aliphatic heterocycles. The first-order valence-electron chi connectivity index (χ1n) is 6.50. The third kappa shape index (κ3) is 2.41. The van der Waals surface area contributed by atoms with E-state index >= 15 is 0 Å². The number of aromatic nitrogens is 1. The fourth-order valence-electron chi connectivity index (χ4n) is 2.51. The number of hydrogen-bond acceptors (Lipinski definition) is 1. The lowest BCUT2D eigenvalue weighted by molar-refractivity contribution is 0.0994. The van der Waals surface area contributed by atoms with Gasteiger partial charge in [0, 0.05) is 33.1 Å². The highest BCUT2D eigenvalue weighted by atomic mass is 79.9. The van der Waals surface area contributed by atoms with Crippen molar-refractivity contribution in [2.24, 2.45) is 0 Å². The number of benzene rings is 2. The molecule has 2 nitrogen and oxygen atoms in total. The third-order valence-electron chi connectivity index (χ3n) is 3.45. The molecule has 3 aromatic rings. The van der Waals surface area contributed by atoms with Crippen molar-refractivity contribution in [3.8, 4) is 0 Å². The highest BCUT2D eigenvalue weighted by Gasteiger charge is 2.15. The fraction of sp³-hybridized carbons (Fsp3) is 0.118. The summed E-state index contributed by atoms with van der Waals surface area (Å²) in [5.74, 6) is 0.155. The Bertz CT molecular complexity index is 771. The normalized spacial score (nSPS) is 10.9. The van der Waals surface area contributed by atoms with Gasteiger partial charge in [-0.3, -0.25) is 4.79 Å². The predicted octanol–water partition coefficient (Wildman–Crippen LogP) is 4.66. The summed E-state index contributed by atoms with van der Waals surface area (Å²) in [5.41, 5.74) is 3.80. The number of carbonyl (C=O) groups is 1. The summed E-state index contributed by atoms with van der Waals surface area (Å²) in [5, 5.41) is 1.01. The zero-order valence-electron chi connectivity index (χ0n) is 11.1. The number of aromatic amines is 1. The van der Waals surface area contributed by atoms with Crippen LogP contribution in [0.5, 0.6) is 0 Å². The van der Waals surface area contributed by atoms with E-state index in [0.717, 1.165) is 32.2 Å². The second-order valence-electron chi connectivity index (χ2n) is 4.90. The number of ketones is 1. The molecule has 100 valence electrons. The highest BCUT2D eigenvalue weighted by molar-refractivity contribution is 9.10. The first kappa shape index (κ1) is 13.1. The summed E-state index contributed by atoms with van der Waals surface area (Å²) in [6, 6.07) is 15.8. The van der Waals surface area contributed by atoms with E-state index in [2.05, 4.69) is 20.9 Å². The Morgan fingerprint density at radius 2 is 1.80 bits per heavy atom. The zero-order chi connectivity index (χ0) is 14.1. The molecule has 0 unspecified atom stereocenters. The van der Waals surface area contributed by atoms with E-state index in [1.54, 1.807) is 0 Å². The van der Waals surface area contributed by atoms with E-state index in [0.29, 0.717) is 6.42 Å². The smallest absolute Gasteiger partial charge is 0.169 e. The van der Waals surface area contributed by atoms with Gasteiger partial charge in [0.2, 0.25) is 0 Å². The van der Waals surface area contributed by atoms with Crippen LogP contribution in [0.15, 0.2) is 53.0 Å². The van der Waals surface area contributed by atoms with Gasteiger partial charge in [0.15, 0.2) is 5.78 Å². The number of H-pyrrole nitrogens is 1. The van der Waals surface area contributed by atoms with Crippen molar-refractivity contribution < 1.29 is 4.79 Å². The van der Waals surface area contributed by atoms with E-state index in [9.17, 15) is 4.79 Å². The first-order valence-corrected chi connectivity index (χ1v) is 7.29. The second-order valence-corrected chi connectivity index (χ2v) is 5.81. The summed E-state index contributed by atoms with van der Waals surface area (Å²) in [7, 11) is 0. The molecule has 0 radical (unpaired) electrons. The Balaban J connectivity index is 1.96. The maximum Gasteiger partial charge on any atom is 0.169 e. The van der Waals surface area contributed by atoms with Gasteiger partial charge >= 0.3 is 0 Å². The average molecular weight is 328 g/mol. The van der Waals surface area contributed by atoms with Crippen LogP contribution in [0.3, 0.4) is 0 Å². The molecule has 0 aliphatic carbocycles. The van der Waals surface area contributed by atoms with Crippen molar-refractivity contribution in [2.45, 2.75) is 13.3 Å². The van der Waals surface area contributed by atoms with Gasteiger partial charge in [-0.2, -0.15) is 0 Å². The van der Waals surface area contributed by atoms with E-state index in [4.69, 9.17) is 0 Å². The van der Waals surface area contributed by atoms with Gasteiger partial charge in [-0.15, -0.1) is 0 Å². The van der Waals surface area contributed by atoms with Crippen LogP contribution in [0.25, 0.3) is 10.9 Å². The zero-order valence-corrected chi connectivity index (χ0v) is 12.7. The van der Waals surface area contributed by atoms with Gasteiger partial charge in [-0.1, -0.05) is 46.3 Å². The summed E-state index contributed by atoms with van der Waals surface area (Å²) in [6.45, 7) is 1.95. The fourth-order valence-corrected chi connectivity index (χ4v) is 2.78. The topological polar surface area (TPSA) is 32.9 Å². The van der Waals surface area contributed by atoms with Crippen LogP contribution in [0, 0.1) is 6.92 Å². The largest absolute Gasteiger partial charge is 0.358 e. The molecule has 1 aromatic heterocycles. The Kier molecular flexibility index (Phi) is 3.45. The average Bonchev–Trinajstić information content (AvgIpc) is 2.77. The monoisotopic (exact) mass is 327 g/mol. The molecule has 2 aromatic carbocycles. The van der Waals surface area contributed by atoms with Gasteiger partial charge < -0.3 is 4.98 Å². The van der Waals surface area contributed by atoms with Crippen LogP contribution >= 0.6 is 15.9 Å². The van der Waals surface area contributed by atoms with E-state index < -0.39 is 0 Å². The Hall–Kier alpha value is -1.87. The molecule has 3 rings (SSSR count). The number of rotatable bonds is 3. The maximum atomic E-state index is 12.6. The maximum absolute atomic E-state index is 12.6. The highest BCUT2D eigenvalue weighted by Crippen LogP contribution is 2.23. The number of halogens is 1. The molecular formula is C17H14BrNO. The van der Waals surface area contributed by atoms with Crippen LogP contribution in [0.1, 0.15) is 21.6 Å². The summed E-state index contributed by atoms with van der Waals surface area (Å²) >= 11 is 3.40. The quantitative estimate of drug-likeness (QED) is 0.697. The first-order chi connectivity index (χ1) is 9.65. The standard InChI is InChI=1S/C17H14BrNO/c1-11-17(14-4-2-3-5-15(14)19-11)16(20)10-12-6-8-13(18)9-7-12/h2-9,19H,10H2,1H3. The lowest BCUT2D eigenvalue weighted by Gasteiger charge is -2.02. The molecule has 0 fully saturated rings. The molecule has 0 saturated heterocycles. The molecule has 3 heteroatoms. The number of fused-ring (bicyclic) bond motifs is 1. The molecule has 0 amide bonds. The van der Waals surface area contributed by atoms with Crippen molar-refractivity contribution in [3.05, 3.63) is 69.8 Å². The minimum atomic E-state index is 0.155. The Labute approximate surface area is 126 Å². The van der Waals surface area contributed by atoms with E-state index in [1.807, 2.05) is 55.5 Å². The van der Waals surface area contributed by atoms with Gasteiger partial charge in [0.1, 0.15) is 0 Å². The summed E-state index contributed by atoms with van der Waals surface area (Å²) in [4.78, 5) is 15.8. The van der Waals surface area contributed by atoms with E-state index in [-0.39, 0.29) is 5.78 Å².